The van der Waals surface area contributed by atoms with E-state index < -0.39 is 0 Å². The number of thiophene rings is 1. The second-order valence-electron chi connectivity index (χ2n) is 6.59. The highest BCUT2D eigenvalue weighted by atomic mass is 32.1. The lowest BCUT2D eigenvalue weighted by Crippen LogP contribution is -2.29. The summed E-state index contributed by atoms with van der Waals surface area (Å²) in [6, 6.07) is 12.3. The van der Waals surface area contributed by atoms with Crippen molar-refractivity contribution in [2.75, 3.05) is 18.9 Å². The Labute approximate surface area is 158 Å². The third-order valence-electron chi connectivity index (χ3n) is 4.25. The molecule has 2 heterocycles. The van der Waals surface area contributed by atoms with Gasteiger partial charge in [0, 0.05) is 11.4 Å². The van der Waals surface area contributed by atoms with Crippen molar-refractivity contribution in [2.24, 2.45) is 0 Å². The summed E-state index contributed by atoms with van der Waals surface area (Å²) in [6.45, 7) is 7.06. The Hall–Kier alpha value is -2.44. The first kappa shape index (κ1) is 18.4. The van der Waals surface area contributed by atoms with Gasteiger partial charge in [0.1, 0.15) is 0 Å². The zero-order valence-electron chi connectivity index (χ0n) is 15.6. The standard InChI is InChI=1S/C20H24N4OS/c1-14-7-9-17(10-8-14)24-16(3)20(15(2)22-24)21-19(25)13-23(4)12-18-6-5-11-26-18/h5-11H,12-13H2,1-4H3,(H,21,25). The molecule has 5 nitrogen and oxygen atoms in total. The summed E-state index contributed by atoms with van der Waals surface area (Å²) < 4.78 is 1.87. The van der Waals surface area contributed by atoms with Crippen LogP contribution in [0.15, 0.2) is 41.8 Å². The maximum atomic E-state index is 12.5. The number of hydrogen-bond donors (Lipinski definition) is 1. The number of anilines is 1. The van der Waals surface area contributed by atoms with Gasteiger partial charge >= 0.3 is 0 Å². The van der Waals surface area contributed by atoms with E-state index in [-0.39, 0.29) is 5.91 Å². The second-order valence-corrected chi connectivity index (χ2v) is 7.63. The van der Waals surface area contributed by atoms with Crippen LogP contribution in [0.2, 0.25) is 0 Å². The smallest absolute Gasteiger partial charge is 0.238 e. The van der Waals surface area contributed by atoms with Gasteiger partial charge in [0.05, 0.1) is 29.3 Å². The molecule has 0 radical (unpaired) electrons. The molecule has 1 N–H and O–H groups in total. The van der Waals surface area contributed by atoms with Crippen LogP contribution >= 0.6 is 11.3 Å². The molecule has 0 bridgehead atoms. The zero-order chi connectivity index (χ0) is 18.7. The summed E-state index contributed by atoms with van der Waals surface area (Å²) in [5.74, 6) is -0.0290. The summed E-state index contributed by atoms with van der Waals surface area (Å²) in [4.78, 5) is 15.7. The van der Waals surface area contributed by atoms with Crippen molar-refractivity contribution in [3.63, 3.8) is 0 Å². The Bertz CT molecular complexity index is 881. The first-order chi connectivity index (χ1) is 12.4. The van der Waals surface area contributed by atoms with Gasteiger partial charge in [-0.15, -0.1) is 11.3 Å². The quantitative estimate of drug-likeness (QED) is 0.717. The third-order valence-corrected chi connectivity index (χ3v) is 5.11. The van der Waals surface area contributed by atoms with E-state index in [0.29, 0.717) is 6.54 Å². The molecule has 136 valence electrons. The SMILES string of the molecule is Cc1ccc(-n2nc(C)c(NC(=O)CN(C)Cc3cccs3)c2C)cc1. The van der Waals surface area contributed by atoms with Crippen molar-refractivity contribution in [1.82, 2.24) is 14.7 Å². The monoisotopic (exact) mass is 368 g/mol. The van der Waals surface area contributed by atoms with Gasteiger partial charge in [-0.1, -0.05) is 23.8 Å². The van der Waals surface area contributed by atoms with E-state index >= 15 is 0 Å². The van der Waals surface area contributed by atoms with Gasteiger partial charge in [-0.2, -0.15) is 5.10 Å². The van der Waals surface area contributed by atoms with Gasteiger partial charge in [0.2, 0.25) is 5.91 Å². The molecule has 0 aliphatic heterocycles. The molecular weight excluding hydrogens is 344 g/mol. The number of aryl methyl sites for hydroxylation is 2. The van der Waals surface area contributed by atoms with E-state index in [0.717, 1.165) is 29.3 Å². The van der Waals surface area contributed by atoms with Crippen LogP contribution in [-0.4, -0.2) is 34.2 Å². The average molecular weight is 369 g/mol. The van der Waals surface area contributed by atoms with E-state index in [1.165, 1.54) is 10.4 Å². The molecule has 0 spiro atoms. The van der Waals surface area contributed by atoms with Gasteiger partial charge in [0.25, 0.3) is 0 Å². The molecule has 1 amide bonds. The van der Waals surface area contributed by atoms with Crippen LogP contribution < -0.4 is 5.32 Å². The van der Waals surface area contributed by atoms with Crippen molar-refractivity contribution in [3.05, 3.63) is 63.6 Å². The lowest BCUT2D eigenvalue weighted by Gasteiger charge is -2.15. The number of rotatable bonds is 6. The van der Waals surface area contributed by atoms with E-state index in [4.69, 9.17) is 0 Å². The number of nitrogens with one attached hydrogen (secondary N) is 1. The van der Waals surface area contributed by atoms with Crippen LogP contribution in [0, 0.1) is 20.8 Å². The molecule has 3 aromatic rings. The lowest BCUT2D eigenvalue weighted by atomic mass is 10.2. The molecule has 6 heteroatoms. The molecule has 0 unspecified atom stereocenters. The number of likely N-dealkylation sites (N-methyl/N-ethyl adjacent to an activating group) is 1. The second kappa shape index (κ2) is 7.85. The minimum absolute atomic E-state index is 0.0290. The zero-order valence-corrected chi connectivity index (χ0v) is 16.4. The molecule has 26 heavy (non-hydrogen) atoms. The first-order valence-electron chi connectivity index (χ1n) is 8.58. The molecule has 2 aromatic heterocycles. The molecular formula is C20H24N4OS. The largest absolute Gasteiger partial charge is 0.322 e. The van der Waals surface area contributed by atoms with Crippen molar-refractivity contribution in [2.45, 2.75) is 27.3 Å². The summed E-state index contributed by atoms with van der Waals surface area (Å²) in [6.07, 6.45) is 0. The average Bonchev–Trinajstić information content (AvgIpc) is 3.19. The minimum atomic E-state index is -0.0290. The molecule has 0 aliphatic rings. The first-order valence-corrected chi connectivity index (χ1v) is 9.46. The topological polar surface area (TPSA) is 50.2 Å². The Balaban J connectivity index is 1.69. The highest BCUT2D eigenvalue weighted by molar-refractivity contribution is 7.09. The predicted octanol–water partition coefficient (Wildman–Crippen LogP) is 3.93. The van der Waals surface area contributed by atoms with E-state index in [1.807, 2.05) is 48.7 Å². The highest BCUT2D eigenvalue weighted by Gasteiger charge is 2.16. The molecule has 0 saturated carbocycles. The Morgan fingerprint density at radius 3 is 2.58 bits per heavy atom. The number of hydrogen-bond acceptors (Lipinski definition) is 4. The summed E-state index contributed by atoms with van der Waals surface area (Å²) in [5, 5.41) is 9.67. The third kappa shape index (κ3) is 4.20. The van der Waals surface area contributed by atoms with E-state index in [2.05, 4.69) is 40.9 Å². The van der Waals surface area contributed by atoms with Gasteiger partial charge in [0.15, 0.2) is 0 Å². The molecule has 1 aromatic carbocycles. The highest BCUT2D eigenvalue weighted by Crippen LogP contribution is 2.23. The van der Waals surface area contributed by atoms with E-state index in [1.54, 1.807) is 11.3 Å². The predicted molar refractivity (Wildman–Crippen MR) is 107 cm³/mol. The normalized spacial score (nSPS) is 11.1. The fraction of sp³-hybridized carbons (Fsp3) is 0.300. The van der Waals surface area contributed by atoms with Crippen LogP contribution in [0.3, 0.4) is 0 Å². The van der Waals surface area contributed by atoms with Crippen molar-refractivity contribution in [1.29, 1.82) is 0 Å². The molecule has 0 saturated heterocycles. The molecule has 3 rings (SSSR count). The number of amides is 1. The lowest BCUT2D eigenvalue weighted by molar-refractivity contribution is -0.117. The number of benzene rings is 1. The summed E-state index contributed by atoms with van der Waals surface area (Å²) >= 11 is 1.70. The van der Waals surface area contributed by atoms with Crippen LogP contribution in [0.1, 0.15) is 21.8 Å². The summed E-state index contributed by atoms with van der Waals surface area (Å²) in [7, 11) is 1.95. The van der Waals surface area contributed by atoms with Gasteiger partial charge < -0.3 is 5.32 Å². The maximum absolute atomic E-state index is 12.5. The van der Waals surface area contributed by atoms with Crippen LogP contribution in [0.25, 0.3) is 5.69 Å². The van der Waals surface area contributed by atoms with Crippen molar-refractivity contribution < 1.29 is 4.79 Å². The molecule has 0 aliphatic carbocycles. The number of carbonyl (C=O) groups is 1. The van der Waals surface area contributed by atoms with Crippen molar-refractivity contribution >= 4 is 22.9 Å². The summed E-state index contributed by atoms with van der Waals surface area (Å²) in [5.41, 5.74) is 4.74. The Morgan fingerprint density at radius 2 is 1.92 bits per heavy atom. The van der Waals surface area contributed by atoms with Gasteiger partial charge in [-0.05, 0) is 51.4 Å². The Kier molecular flexibility index (Phi) is 5.54. The Morgan fingerprint density at radius 1 is 1.19 bits per heavy atom. The number of aromatic nitrogens is 2. The number of nitrogens with zero attached hydrogens (tertiary/aromatic N) is 3. The fourth-order valence-electron chi connectivity index (χ4n) is 2.91. The van der Waals surface area contributed by atoms with Gasteiger partial charge in [-0.3, -0.25) is 9.69 Å². The fourth-order valence-corrected chi connectivity index (χ4v) is 3.69. The van der Waals surface area contributed by atoms with Crippen LogP contribution in [-0.2, 0) is 11.3 Å². The minimum Gasteiger partial charge on any atom is -0.322 e. The van der Waals surface area contributed by atoms with E-state index in [9.17, 15) is 4.79 Å². The molecule has 0 atom stereocenters. The van der Waals surface area contributed by atoms with Crippen molar-refractivity contribution in [3.8, 4) is 5.69 Å². The van der Waals surface area contributed by atoms with Crippen LogP contribution in [0.5, 0.6) is 0 Å². The molecule has 0 fully saturated rings. The number of carbonyl (C=O) groups excluding carboxylic acids is 1. The van der Waals surface area contributed by atoms with Gasteiger partial charge in [-0.25, -0.2) is 4.68 Å². The maximum Gasteiger partial charge on any atom is 0.238 e. The van der Waals surface area contributed by atoms with Crippen LogP contribution in [0.4, 0.5) is 5.69 Å².